The summed E-state index contributed by atoms with van der Waals surface area (Å²) in [7, 11) is 0. The van der Waals surface area contributed by atoms with E-state index in [1.807, 2.05) is 35.2 Å². The van der Waals surface area contributed by atoms with E-state index in [0.29, 0.717) is 5.69 Å². The number of anilines is 6. The summed E-state index contributed by atoms with van der Waals surface area (Å²) in [4.78, 5) is 4.26. The second kappa shape index (κ2) is 13.8. The SMILES string of the molecule is [2H]c1c([2H])c([2H])c(N(c2ccccc2)c2ccc3c4cc5c(cc4n4c6ccc(C(C)(C)C)cc6c2c34)c2ccc(N(c3ccccc3)c3ccccc3)c3c4cc(C(C)(C)C)ccc4n5c23)c([2H])c1[2H]. The maximum atomic E-state index is 9.28. The van der Waals surface area contributed by atoms with Gasteiger partial charge in [-0.2, -0.15) is 0 Å². The first-order valence-corrected chi connectivity index (χ1v) is 22.9. The monoisotopic (exact) mass is 855 g/mol. The molecular formula is C62H50N4. The molecule has 0 bridgehead atoms. The average molecular weight is 856 g/mol. The van der Waals surface area contributed by atoms with Crippen molar-refractivity contribution in [2.45, 2.75) is 52.4 Å². The first kappa shape index (κ1) is 33.7. The van der Waals surface area contributed by atoms with E-state index >= 15 is 0 Å². The molecule has 9 aromatic carbocycles. The molecule has 4 heteroatoms. The van der Waals surface area contributed by atoms with Gasteiger partial charge in [-0.15, -0.1) is 0 Å². The van der Waals surface area contributed by atoms with Gasteiger partial charge in [0.05, 0.1) is 51.3 Å². The quantitative estimate of drug-likeness (QED) is 0.166. The Bertz CT molecular complexity index is 4230. The van der Waals surface area contributed by atoms with E-state index in [1.54, 1.807) is 0 Å². The highest BCUT2D eigenvalue weighted by Gasteiger charge is 2.29. The highest BCUT2D eigenvalue weighted by molar-refractivity contribution is 6.32. The summed E-state index contributed by atoms with van der Waals surface area (Å²) in [5.41, 5.74) is 13.6. The van der Waals surface area contributed by atoms with Crippen LogP contribution in [0.3, 0.4) is 0 Å². The van der Waals surface area contributed by atoms with Crippen LogP contribution in [0.5, 0.6) is 0 Å². The van der Waals surface area contributed by atoms with E-state index in [0.717, 1.165) is 77.3 Å². The minimum Gasteiger partial charge on any atom is -0.310 e. The summed E-state index contributed by atoms with van der Waals surface area (Å²) < 4.78 is 49.5. The fraction of sp³-hybridized carbons (Fsp3) is 0.129. The molecular weight excluding hydrogens is 801 g/mol. The first-order valence-electron chi connectivity index (χ1n) is 25.4. The summed E-state index contributed by atoms with van der Waals surface area (Å²) in [5, 5.41) is 8.90. The van der Waals surface area contributed by atoms with E-state index in [4.69, 9.17) is 4.11 Å². The van der Waals surface area contributed by atoms with Gasteiger partial charge in [-0.1, -0.05) is 139 Å². The van der Waals surface area contributed by atoms with Crippen LogP contribution in [0.2, 0.25) is 0 Å². The van der Waals surface area contributed by atoms with Crippen molar-refractivity contribution in [3.05, 3.63) is 205 Å². The smallest absolute Gasteiger partial charge is 0.0645 e. The Balaban J connectivity index is 1.17. The summed E-state index contributed by atoms with van der Waals surface area (Å²) in [6, 6.07) is 56.7. The standard InChI is InChI=1S/C62H50N4/c1-61(2,3)39-27-31-51-49(35-39)57-53(63(41-19-11-7-12-20-41)42-21-13-8-14-22-42)33-29-45-47-38-56-48(37-55(47)65(51)59(45)57)46-30-34-54(64(43-23-15-9-16-24-43)44-25-17-10-18-26-44)58-50-36-40(62(4,5)6)28-32-52(50)66(56)60(46)58/h7-38H,1-6H3/i7D,11D,12D,19D,20D. The predicted octanol–water partition coefficient (Wildman–Crippen LogP) is 17.5. The second-order valence-corrected chi connectivity index (χ2v) is 19.9. The van der Waals surface area contributed by atoms with Gasteiger partial charge in [0.25, 0.3) is 0 Å². The van der Waals surface area contributed by atoms with E-state index in [-0.39, 0.29) is 40.7 Å². The number of benzene rings is 9. The second-order valence-electron chi connectivity index (χ2n) is 19.9. The Morgan fingerprint density at radius 1 is 0.364 bits per heavy atom. The fourth-order valence-corrected chi connectivity index (χ4v) is 10.8. The van der Waals surface area contributed by atoms with Crippen molar-refractivity contribution in [1.82, 2.24) is 8.80 Å². The molecule has 0 atom stereocenters. The predicted molar refractivity (Wildman–Crippen MR) is 283 cm³/mol. The number of rotatable bonds is 6. The topological polar surface area (TPSA) is 15.3 Å². The van der Waals surface area contributed by atoms with Crippen LogP contribution in [0.15, 0.2) is 194 Å². The van der Waals surface area contributed by atoms with Gasteiger partial charge in [-0.05, 0) is 119 Å². The molecule has 0 N–H and O–H groups in total. The van der Waals surface area contributed by atoms with E-state index in [2.05, 4.69) is 189 Å². The van der Waals surface area contributed by atoms with E-state index < -0.39 is 6.04 Å². The Morgan fingerprint density at radius 2 is 0.758 bits per heavy atom. The minimum atomic E-state index is -0.421. The Labute approximate surface area is 391 Å². The van der Waals surface area contributed by atoms with Crippen LogP contribution in [-0.4, -0.2) is 8.80 Å². The molecule has 0 fully saturated rings. The van der Waals surface area contributed by atoms with E-state index in [9.17, 15) is 2.74 Å². The average Bonchev–Trinajstić information content (AvgIpc) is 4.10. The van der Waals surface area contributed by atoms with Crippen molar-refractivity contribution < 1.29 is 6.85 Å². The highest BCUT2D eigenvalue weighted by atomic mass is 15.2. The van der Waals surface area contributed by atoms with Gasteiger partial charge < -0.3 is 18.6 Å². The number of nitrogens with zero attached hydrogens (tertiary/aromatic N) is 4. The van der Waals surface area contributed by atoms with Gasteiger partial charge >= 0.3 is 0 Å². The van der Waals surface area contributed by atoms with Crippen molar-refractivity contribution in [2.24, 2.45) is 0 Å². The lowest BCUT2D eigenvalue weighted by molar-refractivity contribution is 0.591. The first-order chi connectivity index (χ1) is 34.1. The van der Waals surface area contributed by atoms with Crippen LogP contribution in [0.1, 0.15) is 59.5 Å². The van der Waals surface area contributed by atoms with Gasteiger partial charge in [0.2, 0.25) is 0 Å². The molecule has 0 radical (unpaired) electrons. The van der Waals surface area contributed by atoms with Crippen LogP contribution in [0.25, 0.3) is 76.2 Å². The van der Waals surface area contributed by atoms with Crippen molar-refractivity contribution in [2.75, 3.05) is 9.80 Å². The number of para-hydroxylation sites is 4. The third kappa shape index (κ3) is 5.51. The number of fused-ring (bicyclic) bond motifs is 12. The van der Waals surface area contributed by atoms with Crippen LogP contribution >= 0.6 is 0 Å². The number of aromatic nitrogens is 2. The van der Waals surface area contributed by atoms with Crippen molar-refractivity contribution in [3.63, 3.8) is 0 Å². The molecule has 0 amide bonds. The minimum absolute atomic E-state index is 0.0676. The van der Waals surface area contributed by atoms with Crippen LogP contribution in [-0.2, 0) is 10.8 Å². The Kier molecular flexibility index (Phi) is 7.06. The van der Waals surface area contributed by atoms with Gasteiger partial charge in [0, 0.05) is 65.8 Å². The third-order valence-corrected chi connectivity index (χ3v) is 13.9. The lowest BCUT2D eigenvalue weighted by Crippen LogP contribution is -2.11. The lowest BCUT2D eigenvalue weighted by Gasteiger charge is -2.26. The molecule has 13 rings (SSSR count). The number of hydrogen-bond acceptors (Lipinski definition) is 2. The van der Waals surface area contributed by atoms with Gasteiger partial charge in [-0.25, -0.2) is 0 Å². The van der Waals surface area contributed by atoms with Gasteiger partial charge in [0.1, 0.15) is 0 Å². The molecule has 0 saturated carbocycles. The lowest BCUT2D eigenvalue weighted by atomic mass is 9.86. The van der Waals surface area contributed by atoms with E-state index in [1.165, 1.54) is 32.8 Å². The molecule has 4 heterocycles. The molecule has 318 valence electrons. The largest absolute Gasteiger partial charge is 0.310 e. The van der Waals surface area contributed by atoms with Crippen LogP contribution < -0.4 is 9.80 Å². The zero-order valence-electron chi connectivity index (χ0n) is 42.9. The summed E-state index contributed by atoms with van der Waals surface area (Å²) in [6.45, 7) is 13.5. The molecule has 13 aromatic rings. The Morgan fingerprint density at radius 3 is 1.15 bits per heavy atom. The molecule has 4 aromatic heterocycles. The third-order valence-electron chi connectivity index (χ3n) is 13.9. The van der Waals surface area contributed by atoms with Crippen molar-refractivity contribution in [3.8, 4) is 0 Å². The Hall–Kier alpha value is -7.82. The zero-order chi connectivity index (χ0) is 49.0. The summed E-state index contributed by atoms with van der Waals surface area (Å²) in [5.74, 6) is 0. The molecule has 0 saturated heterocycles. The molecule has 0 aliphatic rings. The van der Waals surface area contributed by atoms with Crippen LogP contribution in [0.4, 0.5) is 34.1 Å². The van der Waals surface area contributed by atoms with Crippen molar-refractivity contribution in [1.29, 1.82) is 0 Å². The molecule has 0 spiro atoms. The summed E-state index contributed by atoms with van der Waals surface area (Å²) >= 11 is 0. The normalized spacial score (nSPS) is 13.8. The highest BCUT2D eigenvalue weighted by Crippen LogP contribution is 2.52. The number of hydrogen-bond donors (Lipinski definition) is 0. The maximum absolute atomic E-state index is 9.28. The van der Waals surface area contributed by atoms with Gasteiger partial charge in [-0.3, -0.25) is 0 Å². The fourth-order valence-electron chi connectivity index (χ4n) is 10.8. The van der Waals surface area contributed by atoms with Gasteiger partial charge in [0.15, 0.2) is 0 Å². The molecule has 0 aliphatic carbocycles. The zero-order valence-corrected chi connectivity index (χ0v) is 37.9. The molecule has 4 nitrogen and oxygen atoms in total. The maximum Gasteiger partial charge on any atom is 0.0645 e. The van der Waals surface area contributed by atoms with Crippen molar-refractivity contribution >= 4 is 110 Å². The molecule has 0 unspecified atom stereocenters. The molecule has 0 aliphatic heterocycles. The summed E-state index contributed by atoms with van der Waals surface area (Å²) in [6.07, 6.45) is 0. The van der Waals surface area contributed by atoms with Crippen LogP contribution in [0, 0.1) is 0 Å². The molecule has 66 heavy (non-hydrogen) atoms.